The van der Waals surface area contributed by atoms with E-state index in [-0.39, 0.29) is 5.78 Å². The van der Waals surface area contributed by atoms with Gasteiger partial charge >= 0.3 is 0 Å². The fourth-order valence-electron chi connectivity index (χ4n) is 1.25. The third kappa shape index (κ3) is 1.80. The van der Waals surface area contributed by atoms with Crippen molar-refractivity contribution in [1.29, 1.82) is 0 Å². The van der Waals surface area contributed by atoms with Gasteiger partial charge in [0, 0.05) is 6.42 Å². The Kier molecular flexibility index (Phi) is 2.17. The molecule has 0 amide bonds. The lowest BCUT2D eigenvalue weighted by Crippen LogP contribution is -2.15. The van der Waals surface area contributed by atoms with E-state index in [9.17, 15) is 4.79 Å². The minimum Gasteiger partial charge on any atom is -0.459 e. The summed E-state index contributed by atoms with van der Waals surface area (Å²) in [6, 6.07) is 0. The first-order valence-electron chi connectivity index (χ1n) is 4.25. The van der Waals surface area contributed by atoms with Gasteiger partial charge in [-0.2, -0.15) is 0 Å². The standard InChI is InChI=1S/C10H10O3/c11-8-4-3-5-9(8)13-10-6-1-2-7-12-10/h1-2,5-7,10H,3-4H2. The average Bonchev–Trinajstić information content (AvgIpc) is 2.54. The van der Waals surface area contributed by atoms with E-state index in [0.717, 1.165) is 6.42 Å². The maximum Gasteiger partial charge on any atom is 0.260 e. The predicted octanol–water partition coefficient (Wildman–Crippen LogP) is 1.68. The van der Waals surface area contributed by atoms with Crippen LogP contribution in [0.4, 0.5) is 0 Å². The minimum absolute atomic E-state index is 0.0616. The molecule has 13 heavy (non-hydrogen) atoms. The third-order valence-electron chi connectivity index (χ3n) is 1.89. The van der Waals surface area contributed by atoms with Crippen LogP contribution in [-0.4, -0.2) is 12.1 Å². The summed E-state index contributed by atoms with van der Waals surface area (Å²) in [4.78, 5) is 11.2. The van der Waals surface area contributed by atoms with Crippen LogP contribution in [0.1, 0.15) is 12.8 Å². The largest absolute Gasteiger partial charge is 0.459 e. The molecular weight excluding hydrogens is 168 g/mol. The van der Waals surface area contributed by atoms with Gasteiger partial charge in [0.2, 0.25) is 0 Å². The summed E-state index contributed by atoms with van der Waals surface area (Å²) >= 11 is 0. The molecule has 3 nitrogen and oxygen atoms in total. The quantitative estimate of drug-likeness (QED) is 0.645. The highest BCUT2D eigenvalue weighted by atomic mass is 16.7. The highest BCUT2D eigenvalue weighted by Gasteiger charge is 2.20. The van der Waals surface area contributed by atoms with Gasteiger partial charge in [0.25, 0.3) is 6.29 Å². The van der Waals surface area contributed by atoms with Gasteiger partial charge in [0.05, 0.1) is 6.26 Å². The Balaban J connectivity index is 1.94. The number of hydrogen-bond donors (Lipinski definition) is 0. The van der Waals surface area contributed by atoms with Crippen LogP contribution in [0.3, 0.4) is 0 Å². The number of allylic oxidation sites excluding steroid dienone is 4. The summed E-state index contributed by atoms with van der Waals surface area (Å²) in [5.74, 6) is 0.497. The van der Waals surface area contributed by atoms with Crippen molar-refractivity contribution in [3.63, 3.8) is 0 Å². The Labute approximate surface area is 76.3 Å². The number of Topliss-reactive ketones (excluding diaryl/α,β-unsaturated/α-hetero) is 1. The van der Waals surface area contributed by atoms with Crippen LogP contribution < -0.4 is 0 Å². The number of carbonyl (C=O) groups is 1. The zero-order valence-electron chi connectivity index (χ0n) is 7.10. The van der Waals surface area contributed by atoms with Crippen LogP contribution in [0.2, 0.25) is 0 Å². The molecule has 0 bridgehead atoms. The fraction of sp³-hybridized carbons (Fsp3) is 0.300. The molecule has 0 aromatic carbocycles. The molecule has 0 aromatic rings. The van der Waals surface area contributed by atoms with Gasteiger partial charge in [0.1, 0.15) is 0 Å². The topological polar surface area (TPSA) is 35.5 Å². The smallest absolute Gasteiger partial charge is 0.260 e. The highest BCUT2D eigenvalue weighted by molar-refractivity contribution is 5.95. The van der Waals surface area contributed by atoms with Gasteiger partial charge in [-0.25, -0.2) is 0 Å². The molecule has 2 aliphatic rings. The molecule has 0 aromatic heterocycles. The molecule has 0 saturated carbocycles. The Morgan fingerprint density at radius 3 is 3.00 bits per heavy atom. The van der Waals surface area contributed by atoms with Gasteiger partial charge in [0.15, 0.2) is 11.5 Å². The van der Waals surface area contributed by atoms with Gasteiger partial charge in [-0.15, -0.1) is 0 Å². The molecule has 1 heterocycles. The number of carbonyl (C=O) groups excluding carboxylic acids is 1. The Bertz CT molecular complexity index is 299. The van der Waals surface area contributed by atoms with Gasteiger partial charge in [-0.1, -0.05) is 6.08 Å². The first-order valence-corrected chi connectivity index (χ1v) is 4.25. The first kappa shape index (κ1) is 8.10. The second-order valence-corrected chi connectivity index (χ2v) is 2.87. The summed E-state index contributed by atoms with van der Waals surface area (Å²) in [5, 5.41) is 0. The number of ether oxygens (including phenoxy) is 2. The van der Waals surface area contributed by atoms with E-state index in [1.165, 1.54) is 0 Å². The molecule has 0 fully saturated rings. The van der Waals surface area contributed by atoms with E-state index in [2.05, 4.69) is 0 Å². The zero-order chi connectivity index (χ0) is 9.10. The lowest BCUT2D eigenvalue weighted by Gasteiger charge is -2.16. The van der Waals surface area contributed by atoms with Crippen LogP contribution in [0, 0.1) is 0 Å². The Hall–Kier alpha value is -1.51. The van der Waals surface area contributed by atoms with Crippen molar-refractivity contribution in [1.82, 2.24) is 0 Å². The van der Waals surface area contributed by atoms with Crippen molar-refractivity contribution in [2.24, 2.45) is 0 Å². The normalized spacial score (nSPS) is 25.7. The molecule has 0 N–H and O–H groups in total. The van der Waals surface area contributed by atoms with E-state index in [4.69, 9.17) is 9.47 Å². The molecule has 1 atom stereocenters. The zero-order valence-corrected chi connectivity index (χ0v) is 7.10. The van der Waals surface area contributed by atoms with E-state index >= 15 is 0 Å². The number of rotatable bonds is 2. The molecule has 3 heteroatoms. The van der Waals surface area contributed by atoms with Crippen molar-refractivity contribution in [2.45, 2.75) is 19.1 Å². The summed E-state index contributed by atoms with van der Waals surface area (Å²) in [5.41, 5.74) is 0. The number of hydrogen-bond acceptors (Lipinski definition) is 3. The van der Waals surface area contributed by atoms with Crippen LogP contribution in [0.5, 0.6) is 0 Å². The van der Waals surface area contributed by atoms with Gasteiger partial charge in [-0.3, -0.25) is 4.79 Å². The molecule has 2 rings (SSSR count). The summed E-state index contributed by atoms with van der Waals surface area (Å²) < 4.78 is 10.4. The molecule has 1 unspecified atom stereocenters. The molecule has 0 saturated heterocycles. The lowest BCUT2D eigenvalue weighted by molar-refractivity contribution is -0.122. The molecule has 68 valence electrons. The van der Waals surface area contributed by atoms with E-state index < -0.39 is 6.29 Å². The van der Waals surface area contributed by atoms with Crippen LogP contribution in [0.15, 0.2) is 36.3 Å². The van der Waals surface area contributed by atoms with Crippen LogP contribution in [-0.2, 0) is 14.3 Å². The molecule has 0 spiro atoms. The maximum atomic E-state index is 11.2. The van der Waals surface area contributed by atoms with Gasteiger partial charge in [-0.05, 0) is 24.6 Å². The monoisotopic (exact) mass is 178 g/mol. The third-order valence-corrected chi connectivity index (χ3v) is 1.89. The van der Waals surface area contributed by atoms with E-state index in [1.54, 1.807) is 24.5 Å². The van der Waals surface area contributed by atoms with Crippen LogP contribution in [0.25, 0.3) is 0 Å². The second-order valence-electron chi connectivity index (χ2n) is 2.87. The van der Waals surface area contributed by atoms with E-state index in [0.29, 0.717) is 12.2 Å². The highest BCUT2D eigenvalue weighted by Crippen LogP contribution is 2.18. The molecular formula is C10H10O3. The molecule has 1 aliphatic heterocycles. The minimum atomic E-state index is -0.446. The van der Waals surface area contributed by atoms with Crippen molar-refractivity contribution in [3.05, 3.63) is 36.3 Å². The second kappa shape index (κ2) is 3.47. The van der Waals surface area contributed by atoms with Crippen molar-refractivity contribution < 1.29 is 14.3 Å². The maximum absolute atomic E-state index is 11.2. The summed E-state index contributed by atoms with van der Waals surface area (Å²) in [6.07, 6.45) is 9.59. The first-order chi connectivity index (χ1) is 6.36. The van der Waals surface area contributed by atoms with Crippen LogP contribution >= 0.6 is 0 Å². The van der Waals surface area contributed by atoms with Crippen molar-refractivity contribution in [2.75, 3.05) is 0 Å². The average molecular weight is 178 g/mol. The predicted molar refractivity (Wildman–Crippen MR) is 46.6 cm³/mol. The SMILES string of the molecule is O=C1CCC=C1OC1C=CC=CO1. The Morgan fingerprint density at radius 2 is 2.38 bits per heavy atom. The summed E-state index contributed by atoms with van der Waals surface area (Å²) in [7, 11) is 0. The van der Waals surface area contributed by atoms with E-state index in [1.807, 2.05) is 6.08 Å². The van der Waals surface area contributed by atoms with Gasteiger partial charge < -0.3 is 9.47 Å². The summed E-state index contributed by atoms with van der Waals surface area (Å²) in [6.45, 7) is 0. The fourth-order valence-corrected chi connectivity index (χ4v) is 1.25. The van der Waals surface area contributed by atoms with Crippen molar-refractivity contribution >= 4 is 5.78 Å². The number of ketones is 1. The van der Waals surface area contributed by atoms with Crippen molar-refractivity contribution in [3.8, 4) is 0 Å². The molecule has 1 aliphatic carbocycles. The molecule has 0 radical (unpaired) electrons. The Morgan fingerprint density at radius 1 is 1.46 bits per heavy atom. The lowest BCUT2D eigenvalue weighted by atomic mass is 10.3.